The summed E-state index contributed by atoms with van der Waals surface area (Å²) in [7, 11) is 0. The number of amides is 1. The van der Waals surface area contributed by atoms with Crippen molar-refractivity contribution in [1.82, 2.24) is 5.32 Å². The maximum atomic E-state index is 12.9. The van der Waals surface area contributed by atoms with Gasteiger partial charge in [-0.25, -0.2) is 8.78 Å². The number of hydrogen-bond donors (Lipinski definition) is 2. The van der Waals surface area contributed by atoms with E-state index in [9.17, 15) is 40.6 Å². The number of alkyl halides is 7. The van der Waals surface area contributed by atoms with Gasteiger partial charge in [-0.05, 0) is 17.7 Å². The molecule has 0 radical (unpaired) electrons. The molecule has 5 nitrogen and oxygen atoms in total. The molecule has 0 saturated heterocycles. The molecule has 1 aliphatic carbocycles. The van der Waals surface area contributed by atoms with Gasteiger partial charge in [-0.1, -0.05) is 12.1 Å². The molecular weight excluding hydrogens is 403 g/mol. The summed E-state index contributed by atoms with van der Waals surface area (Å²) in [4.78, 5) is 12.0. The summed E-state index contributed by atoms with van der Waals surface area (Å²) in [6, 6.07) is 3.08. The second-order valence-corrected chi connectivity index (χ2v) is 6.44. The van der Waals surface area contributed by atoms with E-state index in [-0.39, 0.29) is 11.3 Å². The van der Waals surface area contributed by atoms with E-state index in [4.69, 9.17) is 0 Å². The molecule has 1 aliphatic rings. The lowest BCUT2D eigenvalue weighted by Gasteiger charge is -2.42. The van der Waals surface area contributed by atoms with Gasteiger partial charge in [-0.15, -0.1) is 13.2 Å². The highest BCUT2D eigenvalue weighted by atomic mass is 19.4. The first kappa shape index (κ1) is 22.2. The number of halogens is 7. The van der Waals surface area contributed by atoms with E-state index in [0.717, 1.165) is 12.1 Å². The average molecular weight is 419 g/mol. The van der Waals surface area contributed by atoms with E-state index in [0.29, 0.717) is 0 Å². The minimum absolute atomic E-state index is 0.0540. The maximum Gasteiger partial charge on any atom is 0.522 e. The summed E-state index contributed by atoms with van der Waals surface area (Å²) in [6.07, 6.45) is -7.70. The molecule has 0 aromatic heterocycles. The van der Waals surface area contributed by atoms with Crippen molar-refractivity contribution in [3.05, 3.63) is 29.8 Å². The maximum absolute atomic E-state index is 12.9. The lowest BCUT2D eigenvalue weighted by Crippen LogP contribution is -2.54. The highest BCUT2D eigenvalue weighted by Crippen LogP contribution is 2.47. The van der Waals surface area contributed by atoms with Crippen molar-refractivity contribution in [2.75, 3.05) is 6.61 Å². The SMILES string of the molecule is O=C(CC1(O)CC(F)(F)C1)N[C@@H](COC(F)(F)F)c1cccc(OC(F)F)c1. The normalized spacial score (nSPS) is 19.0. The number of benzene rings is 1. The van der Waals surface area contributed by atoms with Crippen LogP contribution in [0.5, 0.6) is 5.75 Å². The number of nitrogens with one attached hydrogen (secondary N) is 1. The van der Waals surface area contributed by atoms with E-state index in [1.807, 2.05) is 0 Å². The van der Waals surface area contributed by atoms with Crippen LogP contribution in [0.1, 0.15) is 30.9 Å². The van der Waals surface area contributed by atoms with E-state index < -0.39 is 62.3 Å². The lowest BCUT2D eigenvalue weighted by molar-refractivity contribution is -0.326. The Morgan fingerprint density at radius 2 is 1.89 bits per heavy atom. The Balaban J connectivity index is 2.10. The van der Waals surface area contributed by atoms with Crippen LogP contribution in [-0.2, 0) is 9.53 Å². The highest BCUT2D eigenvalue weighted by molar-refractivity contribution is 5.77. The minimum Gasteiger partial charge on any atom is -0.435 e. The average Bonchev–Trinajstić information content (AvgIpc) is 2.47. The quantitative estimate of drug-likeness (QED) is 0.633. The predicted molar refractivity (Wildman–Crippen MR) is 79.7 cm³/mol. The van der Waals surface area contributed by atoms with Crippen molar-refractivity contribution in [2.24, 2.45) is 0 Å². The molecule has 12 heteroatoms. The molecule has 158 valence electrons. The van der Waals surface area contributed by atoms with Crippen LogP contribution >= 0.6 is 0 Å². The molecule has 0 aliphatic heterocycles. The first-order valence-electron chi connectivity index (χ1n) is 7.92. The number of rotatable bonds is 8. The van der Waals surface area contributed by atoms with Gasteiger partial charge in [0.1, 0.15) is 5.75 Å². The van der Waals surface area contributed by atoms with Gasteiger partial charge in [0, 0.05) is 12.8 Å². The summed E-state index contributed by atoms with van der Waals surface area (Å²) in [5.74, 6) is -4.49. The van der Waals surface area contributed by atoms with Gasteiger partial charge in [-0.2, -0.15) is 8.78 Å². The van der Waals surface area contributed by atoms with Crippen LogP contribution in [-0.4, -0.2) is 42.1 Å². The summed E-state index contributed by atoms with van der Waals surface area (Å²) in [6.45, 7) is -4.29. The largest absolute Gasteiger partial charge is 0.522 e. The molecule has 1 aromatic rings. The summed E-state index contributed by atoms with van der Waals surface area (Å²) >= 11 is 0. The van der Waals surface area contributed by atoms with Crippen LogP contribution in [0, 0.1) is 0 Å². The van der Waals surface area contributed by atoms with Crippen LogP contribution in [0.4, 0.5) is 30.7 Å². The number of hydrogen-bond acceptors (Lipinski definition) is 4. The molecule has 0 bridgehead atoms. The summed E-state index contributed by atoms with van der Waals surface area (Å²) in [5.41, 5.74) is -2.02. The van der Waals surface area contributed by atoms with Gasteiger partial charge in [0.15, 0.2) is 0 Å². The van der Waals surface area contributed by atoms with E-state index in [2.05, 4.69) is 14.8 Å². The monoisotopic (exact) mass is 419 g/mol. The molecule has 2 rings (SSSR count). The van der Waals surface area contributed by atoms with Crippen molar-refractivity contribution in [1.29, 1.82) is 0 Å². The van der Waals surface area contributed by atoms with Crippen LogP contribution in [0.3, 0.4) is 0 Å². The molecule has 1 fully saturated rings. The van der Waals surface area contributed by atoms with E-state index in [1.165, 1.54) is 12.1 Å². The first-order valence-corrected chi connectivity index (χ1v) is 7.92. The number of carbonyl (C=O) groups excluding carboxylic acids is 1. The van der Waals surface area contributed by atoms with Crippen molar-refractivity contribution < 1.29 is 50.1 Å². The van der Waals surface area contributed by atoms with Crippen molar-refractivity contribution in [2.45, 2.75) is 49.8 Å². The first-order chi connectivity index (χ1) is 12.8. The van der Waals surface area contributed by atoms with Crippen molar-refractivity contribution >= 4 is 5.91 Å². The molecule has 1 atom stereocenters. The Bertz CT molecular complexity index is 688. The highest BCUT2D eigenvalue weighted by Gasteiger charge is 2.56. The Hall–Kier alpha value is -2.08. The third-order valence-corrected chi connectivity index (χ3v) is 3.90. The van der Waals surface area contributed by atoms with Crippen molar-refractivity contribution in [3.63, 3.8) is 0 Å². The van der Waals surface area contributed by atoms with Crippen LogP contribution in [0.2, 0.25) is 0 Å². The predicted octanol–water partition coefficient (Wildman–Crippen LogP) is 3.53. The molecule has 28 heavy (non-hydrogen) atoms. The Morgan fingerprint density at radius 3 is 2.43 bits per heavy atom. The van der Waals surface area contributed by atoms with Gasteiger partial charge < -0.3 is 15.2 Å². The second-order valence-electron chi connectivity index (χ2n) is 6.44. The van der Waals surface area contributed by atoms with Crippen molar-refractivity contribution in [3.8, 4) is 5.75 Å². The van der Waals surface area contributed by atoms with Gasteiger partial charge >= 0.3 is 13.0 Å². The zero-order valence-electron chi connectivity index (χ0n) is 14.1. The lowest BCUT2D eigenvalue weighted by atomic mass is 9.74. The molecule has 1 aromatic carbocycles. The molecule has 1 amide bonds. The summed E-state index contributed by atoms with van der Waals surface area (Å²) in [5, 5.41) is 12.0. The van der Waals surface area contributed by atoms with Gasteiger partial charge in [0.2, 0.25) is 5.91 Å². The fraction of sp³-hybridized carbons (Fsp3) is 0.562. The third kappa shape index (κ3) is 6.82. The van der Waals surface area contributed by atoms with E-state index in [1.54, 1.807) is 0 Å². The molecule has 2 N–H and O–H groups in total. The van der Waals surface area contributed by atoms with Gasteiger partial charge in [-0.3, -0.25) is 9.53 Å². The van der Waals surface area contributed by atoms with Crippen LogP contribution < -0.4 is 10.1 Å². The Morgan fingerprint density at radius 1 is 1.25 bits per heavy atom. The Kier molecular flexibility index (Phi) is 6.44. The zero-order valence-corrected chi connectivity index (χ0v) is 14.1. The number of ether oxygens (including phenoxy) is 2. The number of aliphatic hydroxyl groups is 1. The fourth-order valence-electron chi connectivity index (χ4n) is 2.89. The second kappa shape index (κ2) is 8.11. The zero-order chi connectivity index (χ0) is 21.2. The topological polar surface area (TPSA) is 67.8 Å². The number of carbonyl (C=O) groups is 1. The smallest absolute Gasteiger partial charge is 0.435 e. The molecule has 1 saturated carbocycles. The van der Waals surface area contributed by atoms with E-state index >= 15 is 0 Å². The fourth-order valence-corrected chi connectivity index (χ4v) is 2.89. The minimum atomic E-state index is -5.03. The Labute approximate surface area is 154 Å². The van der Waals surface area contributed by atoms with Gasteiger partial charge in [0.05, 0.1) is 24.7 Å². The third-order valence-electron chi connectivity index (χ3n) is 3.90. The molecule has 0 heterocycles. The standard InChI is InChI=1S/C16H16F7NO4/c17-13(18)28-10-3-1-2-9(4-10)11(6-27-16(21,22)23)24-12(25)5-14(26)7-15(19,20)8-14/h1-4,11,13,26H,5-8H2,(H,24,25)/t11-/m0/s1. The molecule has 0 spiro atoms. The van der Waals surface area contributed by atoms with Gasteiger partial charge in [0.25, 0.3) is 5.92 Å². The molecule has 0 unspecified atom stereocenters. The molecular formula is C16H16F7NO4. The van der Waals surface area contributed by atoms with Crippen LogP contribution in [0.15, 0.2) is 24.3 Å². The summed E-state index contributed by atoms with van der Waals surface area (Å²) < 4.78 is 95.3. The van der Waals surface area contributed by atoms with Crippen LogP contribution in [0.25, 0.3) is 0 Å².